The molecule has 0 heterocycles. The molecule has 1 rings (SSSR count). The van der Waals surface area contributed by atoms with Gasteiger partial charge in [0, 0.05) is 0 Å². The molecule has 0 aromatic carbocycles. The van der Waals surface area contributed by atoms with Crippen LogP contribution < -0.4 is 0 Å². The van der Waals surface area contributed by atoms with Crippen molar-refractivity contribution in [3.63, 3.8) is 0 Å². The van der Waals surface area contributed by atoms with E-state index in [9.17, 15) is 0 Å². The number of allylic oxidation sites excluding steroid dienone is 2. The molecule has 0 unspecified atom stereocenters. The topological polar surface area (TPSA) is 0 Å². The maximum Gasteiger partial charge on any atom is -0.00221 e. The van der Waals surface area contributed by atoms with Gasteiger partial charge in [0.2, 0.25) is 0 Å². The van der Waals surface area contributed by atoms with E-state index < -0.39 is 0 Å². The van der Waals surface area contributed by atoms with Gasteiger partial charge in [0.05, 0.1) is 0 Å². The van der Waals surface area contributed by atoms with E-state index in [-0.39, 0.29) is 0 Å². The van der Waals surface area contributed by atoms with Crippen LogP contribution in [0.2, 0.25) is 0 Å². The molecular weight excluding hydrogens is 132 g/mol. The molecule has 1 radical (unpaired) electrons. The molecule has 0 N–H and O–H groups in total. The summed E-state index contributed by atoms with van der Waals surface area (Å²) in [6.07, 6.45) is 9.88. The average Bonchev–Trinajstić information content (AvgIpc) is 1.85. The van der Waals surface area contributed by atoms with Crippen molar-refractivity contribution in [1.29, 1.82) is 0 Å². The first-order valence-electron chi connectivity index (χ1n) is 4.59. The van der Waals surface area contributed by atoms with Gasteiger partial charge in [-0.3, -0.25) is 0 Å². The highest BCUT2D eigenvalue weighted by Gasteiger charge is 2.17. The van der Waals surface area contributed by atoms with E-state index in [2.05, 4.69) is 32.9 Å². The molecule has 0 fully saturated rings. The minimum Gasteiger partial charge on any atom is -0.0879 e. The Morgan fingerprint density at radius 1 is 1.36 bits per heavy atom. The molecule has 0 heteroatoms. The summed E-state index contributed by atoms with van der Waals surface area (Å²) >= 11 is 0. The van der Waals surface area contributed by atoms with E-state index in [0.29, 0.717) is 5.41 Å². The monoisotopic (exact) mass is 151 g/mol. The fraction of sp³-hybridized carbons (Fsp3) is 0.727. The summed E-state index contributed by atoms with van der Waals surface area (Å²) in [5, 5.41) is 0. The zero-order chi connectivity index (χ0) is 8.32. The van der Waals surface area contributed by atoms with Crippen LogP contribution in [0, 0.1) is 11.3 Å². The third-order valence-electron chi connectivity index (χ3n) is 1.98. The van der Waals surface area contributed by atoms with Gasteiger partial charge in [-0.05, 0) is 37.0 Å². The Morgan fingerprint density at radius 2 is 2.09 bits per heavy atom. The van der Waals surface area contributed by atoms with Gasteiger partial charge < -0.3 is 0 Å². The van der Waals surface area contributed by atoms with E-state index in [4.69, 9.17) is 0 Å². The Bertz CT molecular complexity index is 137. The number of hydrogen-bond donors (Lipinski definition) is 0. The predicted octanol–water partition coefficient (Wildman–Crippen LogP) is 3.74. The van der Waals surface area contributed by atoms with E-state index in [1.165, 1.54) is 25.7 Å². The molecule has 1 aliphatic rings. The summed E-state index contributed by atoms with van der Waals surface area (Å²) < 4.78 is 0. The molecular formula is C11H19. The fourth-order valence-corrected chi connectivity index (χ4v) is 1.61. The van der Waals surface area contributed by atoms with Gasteiger partial charge in [0.1, 0.15) is 0 Å². The SMILES string of the molecule is CC(C)(C)C[C]1C=CCCC1. The highest BCUT2D eigenvalue weighted by molar-refractivity contribution is 5.14. The van der Waals surface area contributed by atoms with Gasteiger partial charge in [0.25, 0.3) is 0 Å². The van der Waals surface area contributed by atoms with Gasteiger partial charge in [-0.25, -0.2) is 0 Å². The highest BCUT2D eigenvalue weighted by atomic mass is 14.2. The van der Waals surface area contributed by atoms with Crippen LogP contribution in [-0.4, -0.2) is 0 Å². The third kappa shape index (κ3) is 3.60. The standard InChI is InChI=1S/C11H19/c1-11(2,3)9-10-7-5-4-6-8-10/h5,7H,4,6,8-9H2,1-3H3. The second-order valence-corrected chi connectivity index (χ2v) is 4.69. The minimum absolute atomic E-state index is 0.469. The third-order valence-corrected chi connectivity index (χ3v) is 1.98. The Balaban J connectivity index is 2.36. The lowest BCUT2D eigenvalue weighted by atomic mass is 9.81. The molecule has 0 bridgehead atoms. The van der Waals surface area contributed by atoms with Gasteiger partial charge in [-0.15, -0.1) is 0 Å². The molecule has 0 saturated heterocycles. The molecule has 0 nitrogen and oxygen atoms in total. The molecule has 0 aromatic heterocycles. The first-order chi connectivity index (χ1) is 5.08. The molecule has 1 aliphatic carbocycles. The quantitative estimate of drug-likeness (QED) is 0.535. The van der Waals surface area contributed by atoms with Crippen molar-refractivity contribution < 1.29 is 0 Å². The average molecular weight is 151 g/mol. The van der Waals surface area contributed by atoms with Crippen molar-refractivity contribution >= 4 is 0 Å². The lowest BCUT2D eigenvalue weighted by Crippen LogP contribution is -2.11. The lowest BCUT2D eigenvalue weighted by Gasteiger charge is -2.24. The molecule has 63 valence electrons. The Hall–Kier alpha value is -0.260. The molecule has 0 spiro atoms. The van der Waals surface area contributed by atoms with Crippen LogP contribution in [-0.2, 0) is 0 Å². The molecule has 0 aromatic rings. The van der Waals surface area contributed by atoms with Crippen LogP contribution >= 0.6 is 0 Å². The summed E-state index contributed by atoms with van der Waals surface area (Å²) in [6.45, 7) is 6.92. The van der Waals surface area contributed by atoms with E-state index in [1.54, 1.807) is 5.92 Å². The Labute approximate surface area is 70.7 Å². The van der Waals surface area contributed by atoms with E-state index in [0.717, 1.165) is 0 Å². The largest absolute Gasteiger partial charge is 0.0879 e. The van der Waals surface area contributed by atoms with Gasteiger partial charge in [-0.2, -0.15) is 0 Å². The molecule has 0 saturated carbocycles. The maximum absolute atomic E-state index is 2.33. The van der Waals surface area contributed by atoms with E-state index >= 15 is 0 Å². The molecule has 0 atom stereocenters. The highest BCUT2D eigenvalue weighted by Crippen LogP contribution is 2.31. The summed E-state index contributed by atoms with van der Waals surface area (Å²) in [6, 6.07) is 0. The summed E-state index contributed by atoms with van der Waals surface area (Å²) in [7, 11) is 0. The van der Waals surface area contributed by atoms with Crippen LogP contribution in [0.15, 0.2) is 12.2 Å². The van der Waals surface area contributed by atoms with Crippen molar-refractivity contribution in [3.05, 3.63) is 18.1 Å². The second kappa shape index (κ2) is 3.42. The minimum atomic E-state index is 0.469. The Kier molecular flexibility index (Phi) is 2.75. The summed E-state index contributed by atoms with van der Waals surface area (Å²) in [5.41, 5.74) is 0.469. The maximum atomic E-state index is 2.33. The van der Waals surface area contributed by atoms with Crippen LogP contribution in [0.25, 0.3) is 0 Å². The van der Waals surface area contributed by atoms with Gasteiger partial charge in [-0.1, -0.05) is 32.9 Å². The van der Waals surface area contributed by atoms with E-state index in [1.807, 2.05) is 0 Å². The number of rotatable bonds is 1. The first-order valence-corrected chi connectivity index (χ1v) is 4.59. The molecule has 0 amide bonds. The van der Waals surface area contributed by atoms with Crippen molar-refractivity contribution in [2.24, 2.45) is 5.41 Å². The van der Waals surface area contributed by atoms with Crippen molar-refractivity contribution in [2.45, 2.75) is 46.5 Å². The van der Waals surface area contributed by atoms with Crippen molar-refractivity contribution in [3.8, 4) is 0 Å². The molecule has 0 aliphatic heterocycles. The summed E-state index contributed by atoms with van der Waals surface area (Å²) in [5.74, 6) is 1.64. The number of hydrogen-bond acceptors (Lipinski definition) is 0. The van der Waals surface area contributed by atoms with Crippen LogP contribution in [0.3, 0.4) is 0 Å². The van der Waals surface area contributed by atoms with Gasteiger partial charge >= 0.3 is 0 Å². The second-order valence-electron chi connectivity index (χ2n) is 4.69. The fourth-order valence-electron chi connectivity index (χ4n) is 1.61. The molecule has 11 heavy (non-hydrogen) atoms. The lowest BCUT2D eigenvalue weighted by molar-refractivity contribution is 0.383. The normalized spacial score (nSPS) is 20.6. The van der Waals surface area contributed by atoms with Crippen LogP contribution in [0.1, 0.15) is 46.5 Å². The smallest absolute Gasteiger partial charge is 0.00221 e. The van der Waals surface area contributed by atoms with Crippen molar-refractivity contribution in [1.82, 2.24) is 0 Å². The van der Waals surface area contributed by atoms with Crippen molar-refractivity contribution in [2.75, 3.05) is 0 Å². The van der Waals surface area contributed by atoms with Crippen LogP contribution in [0.5, 0.6) is 0 Å². The Morgan fingerprint density at radius 3 is 2.55 bits per heavy atom. The predicted molar refractivity (Wildman–Crippen MR) is 50.3 cm³/mol. The zero-order valence-electron chi connectivity index (χ0n) is 7.98. The van der Waals surface area contributed by atoms with Gasteiger partial charge in [0.15, 0.2) is 0 Å². The summed E-state index contributed by atoms with van der Waals surface area (Å²) in [4.78, 5) is 0. The first kappa shape index (κ1) is 8.83. The zero-order valence-corrected chi connectivity index (χ0v) is 7.98. The van der Waals surface area contributed by atoms with Crippen LogP contribution in [0.4, 0.5) is 0 Å².